The van der Waals surface area contributed by atoms with Crippen molar-refractivity contribution < 1.29 is 13.2 Å². The number of rotatable bonds is 5. The molecule has 0 saturated carbocycles. The van der Waals surface area contributed by atoms with E-state index in [0.717, 1.165) is 38.1 Å². The Hall–Kier alpha value is -3.20. The van der Waals surface area contributed by atoms with Crippen molar-refractivity contribution in [1.82, 2.24) is 14.8 Å². The van der Waals surface area contributed by atoms with Gasteiger partial charge in [0.15, 0.2) is 5.82 Å². The topological polar surface area (TPSA) is 106 Å². The van der Waals surface area contributed by atoms with Gasteiger partial charge in [-0.25, -0.2) is 8.42 Å². The van der Waals surface area contributed by atoms with E-state index >= 15 is 0 Å². The Bertz CT molecular complexity index is 1170. The second-order valence-corrected chi connectivity index (χ2v) is 8.94. The Morgan fingerprint density at radius 1 is 1.00 bits per heavy atom. The quantitative estimate of drug-likeness (QED) is 0.651. The molecule has 2 aromatic carbocycles. The minimum absolute atomic E-state index is 0.103. The first-order valence-corrected chi connectivity index (χ1v) is 11.3. The molecular weight excluding hydrogens is 402 g/mol. The van der Waals surface area contributed by atoms with Crippen molar-refractivity contribution in [2.45, 2.75) is 44.0 Å². The van der Waals surface area contributed by atoms with Gasteiger partial charge in [0.2, 0.25) is 5.91 Å². The molecule has 30 heavy (non-hydrogen) atoms. The molecule has 0 saturated heterocycles. The third kappa shape index (κ3) is 4.20. The van der Waals surface area contributed by atoms with Crippen molar-refractivity contribution in [3.63, 3.8) is 0 Å². The second kappa shape index (κ2) is 8.27. The van der Waals surface area contributed by atoms with Crippen LogP contribution in [0.1, 0.15) is 32.0 Å². The highest BCUT2D eigenvalue weighted by Gasteiger charge is 2.21. The molecule has 0 aliphatic carbocycles. The van der Waals surface area contributed by atoms with Gasteiger partial charge in [-0.15, -0.1) is 10.2 Å². The number of sulfonamides is 1. The van der Waals surface area contributed by atoms with Crippen LogP contribution in [-0.4, -0.2) is 29.1 Å². The molecule has 0 fully saturated rings. The molecular formula is C21H23N5O3S. The van der Waals surface area contributed by atoms with Gasteiger partial charge < -0.3 is 9.88 Å². The number of fused-ring (bicyclic) bond motifs is 1. The number of amides is 1. The fourth-order valence-corrected chi connectivity index (χ4v) is 4.66. The zero-order valence-corrected chi connectivity index (χ0v) is 17.4. The van der Waals surface area contributed by atoms with Crippen LogP contribution in [-0.2, 0) is 27.8 Å². The number of aromatic nitrogens is 3. The molecule has 3 aromatic rings. The van der Waals surface area contributed by atoms with Gasteiger partial charge in [-0.2, -0.15) is 0 Å². The average Bonchev–Trinajstić information content (AvgIpc) is 2.96. The molecule has 9 heteroatoms. The van der Waals surface area contributed by atoms with E-state index in [4.69, 9.17) is 0 Å². The lowest BCUT2D eigenvalue weighted by molar-refractivity contribution is -0.114. The van der Waals surface area contributed by atoms with Crippen LogP contribution in [0.2, 0.25) is 0 Å². The third-order valence-electron chi connectivity index (χ3n) is 5.01. The van der Waals surface area contributed by atoms with Crippen molar-refractivity contribution in [3.8, 4) is 11.4 Å². The lowest BCUT2D eigenvalue weighted by Gasteiger charge is -2.14. The number of hydrogen-bond donors (Lipinski definition) is 2. The maximum atomic E-state index is 13.0. The normalized spacial score (nSPS) is 13.9. The number of carbonyl (C=O) groups is 1. The zero-order valence-electron chi connectivity index (χ0n) is 16.6. The van der Waals surface area contributed by atoms with Crippen molar-refractivity contribution in [2.75, 3.05) is 10.0 Å². The number of nitrogens with one attached hydrogen (secondary N) is 2. The molecule has 0 spiro atoms. The molecule has 0 unspecified atom stereocenters. The summed E-state index contributed by atoms with van der Waals surface area (Å²) in [4.78, 5) is 11.3. The average molecular weight is 426 g/mol. The van der Waals surface area contributed by atoms with Gasteiger partial charge in [-0.05, 0) is 49.2 Å². The molecule has 1 aromatic heterocycles. The highest BCUT2D eigenvalue weighted by molar-refractivity contribution is 7.92. The highest BCUT2D eigenvalue weighted by Crippen LogP contribution is 2.30. The molecule has 1 aliphatic heterocycles. The van der Waals surface area contributed by atoms with E-state index in [1.165, 1.54) is 19.1 Å². The highest BCUT2D eigenvalue weighted by atomic mass is 32.2. The third-order valence-corrected chi connectivity index (χ3v) is 6.39. The first-order valence-electron chi connectivity index (χ1n) is 9.86. The summed E-state index contributed by atoms with van der Waals surface area (Å²) in [6.45, 7) is 2.22. The summed E-state index contributed by atoms with van der Waals surface area (Å²) in [5.41, 5.74) is 1.67. The van der Waals surface area contributed by atoms with Crippen LogP contribution in [0.4, 0.5) is 11.4 Å². The van der Waals surface area contributed by atoms with Gasteiger partial charge >= 0.3 is 0 Å². The fraction of sp³-hybridized carbons (Fsp3) is 0.286. The number of aryl methyl sites for hydroxylation is 1. The van der Waals surface area contributed by atoms with Gasteiger partial charge in [0.25, 0.3) is 10.0 Å². The molecule has 0 radical (unpaired) electrons. The summed E-state index contributed by atoms with van der Waals surface area (Å²) >= 11 is 0. The van der Waals surface area contributed by atoms with E-state index in [2.05, 4.69) is 24.8 Å². The SMILES string of the molecule is CC(=O)Nc1ccc(S(=O)(=O)Nc2ccccc2-c2nnc3n2CCCCC3)cc1. The smallest absolute Gasteiger partial charge is 0.261 e. The molecule has 1 amide bonds. The van der Waals surface area contributed by atoms with Gasteiger partial charge in [0.05, 0.1) is 10.6 Å². The van der Waals surface area contributed by atoms with Crippen molar-refractivity contribution >= 4 is 27.3 Å². The lowest BCUT2D eigenvalue weighted by Crippen LogP contribution is -2.14. The minimum Gasteiger partial charge on any atom is -0.326 e. The van der Waals surface area contributed by atoms with Crippen LogP contribution in [0.25, 0.3) is 11.4 Å². The lowest BCUT2D eigenvalue weighted by atomic mass is 10.1. The summed E-state index contributed by atoms with van der Waals surface area (Å²) in [5.74, 6) is 1.39. The largest absolute Gasteiger partial charge is 0.326 e. The Labute approximate surface area is 175 Å². The maximum absolute atomic E-state index is 13.0. The number of carbonyl (C=O) groups excluding carboxylic acids is 1. The summed E-state index contributed by atoms with van der Waals surface area (Å²) < 4.78 is 30.7. The predicted octanol–water partition coefficient (Wildman–Crippen LogP) is 3.43. The van der Waals surface area contributed by atoms with Crippen molar-refractivity contribution in [1.29, 1.82) is 0 Å². The predicted molar refractivity (Wildman–Crippen MR) is 115 cm³/mol. The first kappa shape index (κ1) is 20.1. The van der Waals surface area contributed by atoms with Crippen LogP contribution in [0.3, 0.4) is 0 Å². The van der Waals surface area contributed by atoms with Gasteiger partial charge in [0, 0.05) is 31.1 Å². The van der Waals surface area contributed by atoms with Gasteiger partial charge in [-0.1, -0.05) is 18.6 Å². The molecule has 0 bridgehead atoms. The van der Waals surface area contributed by atoms with E-state index in [1.807, 2.05) is 12.1 Å². The van der Waals surface area contributed by atoms with E-state index in [-0.39, 0.29) is 10.8 Å². The number of anilines is 2. The Morgan fingerprint density at radius 2 is 1.77 bits per heavy atom. The Morgan fingerprint density at radius 3 is 2.53 bits per heavy atom. The van der Waals surface area contributed by atoms with E-state index in [1.54, 1.807) is 24.3 Å². The van der Waals surface area contributed by atoms with Gasteiger partial charge in [-0.3, -0.25) is 9.52 Å². The van der Waals surface area contributed by atoms with E-state index in [9.17, 15) is 13.2 Å². The zero-order chi connectivity index (χ0) is 21.1. The molecule has 2 N–H and O–H groups in total. The van der Waals surface area contributed by atoms with E-state index in [0.29, 0.717) is 22.8 Å². The maximum Gasteiger partial charge on any atom is 0.261 e. The van der Waals surface area contributed by atoms with Crippen molar-refractivity contribution in [2.24, 2.45) is 0 Å². The molecule has 4 rings (SSSR count). The number of hydrogen-bond acceptors (Lipinski definition) is 5. The van der Waals surface area contributed by atoms with Crippen LogP contribution >= 0.6 is 0 Å². The van der Waals surface area contributed by atoms with Crippen LogP contribution < -0.4 is 10.0 Å². The Balaban J connectivity index is 1.65. The number of nitrogens with zero attached hydrogens (tertiary/aromatic N) is 3. The molecule has 8 nitrogen and oxygen atoms in total. The molecule has 0 atom stereocenters. The Kier molecular flexibility index (Phi) is 5.54. The fourth-order valence-electron chi connectivity index (χ4n) is 3.58. The standard InChI is InChI=1S/C21H23N5O3S/c1-15(27)22-16-10-12-17(13-11-16)30(28,29)25-19-8-5-4-7-18(19)21-24-23-20-9-3-2-6-14-26(20)21/h4-5,7-8,10-13,25H,2-3,6,9,14H2,1H3,(H,22,27). The number of para-hydroxylation sites is 1. The molecule has 2 heterocycles. The summed E-state index contributed by atoms with van der Waals surface area (Å²) in [5, 5.41) is 11.3. The van der Waals surface area contributed by atoms with Crippen LogP contribution in [0, 0.1) is 0 Å². The van der Waals surface area contributed by atoms with E-state index < -0.39 is 10.0 Å². The first-order chi connectivity index (χ1) is 14.4. The van der Waals surface area contributed by atoms with Crippen LogP contribution in [0.15, 0.2) is 53.4 Å². The summed E-state index contributed by atoms with van der Waals surface area (Å²) in [6.07, 6.45) is 4.15. The van der Waals surface area contributed by atoms with Gasteiger partial charge in [0.1, 0.15) is 5.82 Å². The van der Waals surface area contributed by atoms with Crippen LogP contribution in [0.5, 0.6) is 0 Å². The molecule has 156 valence electrons. The van der Waals surface area contributed by atoms with Crippen molar-refractivity contribution in [3.05, 3.63) is 54.4 Å². The second-order valence-electron chi connectivity index (χ2n) is 7.26. The summed E-state index contributed by atoms with van der Waals surface area (Å²) in [6, 6.07) is 13.2. The molecule has 1 aliphatic rings. The summed E-state index contributed by atoms with van der Waals surface area (Å²) in [7, 11) is -3.82. The minimum atomic E-state index is -3.82. The number of benzene rings is 2. The monoisotopic (exact) mass is 425 g/mol.